The van der Waals surface area contributed by atoms with Crippen molar-refractivity contribution in [2.45, 2.75) is 6.42 Å². The first-order valence-corrected chi connectivity index (χ1v) is 8.93. The summed E-state index contributed by atoms with van der Waals surface area (Å²) in [6, 6.07) is 11.2. The number of nitrogens with one attached hydrogen (secondary N) is 1. The Bertz CT molecular complexity index is 1120. The minimum absolute atomic E-state index is 0.258. The molecule has 1 aromatic carbocycles. The zero-order valence-electron chi connectivity index (χ0n) is 14.3. The maximum absolute atomic E-state index is 11.8. The van der Waals surface area contributed by atoms with Crippen LogP contribution < -0.4 is 5.32 Å². The summed E-state index contributed by atoms with van der Waals surface area (Å²) in [6.45, 7) is 0. The highest BCUT2D eigenvalue weighted by atomic mass is 79.9. The summed E-state index contributed by atoms with van der Waals surface area (Å²) in [5.74, 6) is 1.03. The van der Waals surface area contributed by atoms with Gasteiger partial charge in [-0.05, 0) is 39.7 Å². The lowest BCUT2D eigenvalue weighted by Gasteiger charge is -2.05. The van der Waals surface area contributed by atoms with Gasteiger partial charge in [-0.1, -0.05) is 18.2 Å². The zero-order valence-corrected chi connectivity index (χ0v) is 15.9. The van der Waals surface area contributed by atoms with Crippen LogP contribution in [-0.2, 0) is 6.42 Å². The fourth-order valence-corrected chi connectivity index (χ4v) is 2.86. The van der Waals surface area contributed by atoms with Gasteiger partial charge in [-0.15, -0.1) is 10.2 Å². The zero-order chi connectivity index (χ0) is 18.8. The second-order valence-electron chi connectivity index (χ2n) is 5.79. The van der Waals surface area contributed by atoms with Crippen molar-refractivity contribution >= 4 is 27.5 Å². The van der Waals surface area contributed by atoms with Gasteiger partial charge in [-0.3, -0.25) is 4.79 Å². The van der Waals surface area contributed by atoms with E-state index in [1.54, 1.807) is 36.1 Å². The van der Waals surface area contributed by atoms with Gasteiger partial charge in [-0.2, -0.15) is 9.61 Å². The third kappa shape index (κ3) is 3.54. The molecule has 0 aliphatic heterocycles. The molecule has 9 heteroatoms. The van der Waals surface area contributed by atoms with Crippen LogP contribution in [0.1, 0.15) is 21.9 Å². The molecular weight excluding hydrogens is 410 g/mol. The van der Waals surface area contributed by atoms with Crippen LogP contribution in [0.3, 0.4) is 0 Å². The topological polar surface area (TPSA) is 98.0 Å². The molecule has 0 bridgehead atoms. The maximum Gasteiger partial charge on any atom is 0.271 e. The Kier molecular flexibility index (Phi) is 4.59. The molecule has 0 saturated carbocycles. The normalized spacial score (nSPS) is 10.9. The molecule has 0 radical (unpaired) electrons. The van der Waals surface area contributed by atoms with Gasteiger partial charge >= 0.3 is 0 Å². The number of hydrogen-bond acceptors (Lipinski definition) is 6. The SMILES string of the molecule is CNC(=O)c1ccc2nnc(Cc3cccc(-c4ncc(Br)cn4)c3)n2n1. The minimum atomic E-state index is -0.258. The van der Waals surface area contributed by atoms with Crippen LogP contribution in [0.2, 0.25) is 0 Å². The van der Waals surface area contributed by atoms with Crippen LogP contribution in [-0.4, -0.2) is 42.7 Å². The van der Waals surface area contributed by atoms with Gasteiger partial charge < -0.3 is 5.32 Å². The Labute approximate surface area is 162 Å². The van der Waals surface area contributed by atoms with Crippen LogP contribution in [0.25, 0.3) is 17.0 Å². The standard InChI is InChI=1S/C18H14BrN7O/c1-20-18(27)14-5-6-15-23-24-16(26(15)25-14)8-11-3-2-4-12(7-11)17-21-9-13(19)10-22-17/h2-7,9-10H,8H2,1H3,(H,20,27). The van der Waals surface area contributed by atoms with Crippen molar-refractivity contribution < 1.29 is 4.79 Å². The number of nitrogens with zero attached hydrogens (tertiary/aromatic N) is 6. The van der Waals surface area contributed by atoms with Gasteiger partial charge in [-0.25, -0.2) is 9.97 Å². The average Bonchev–Trinajstić information content (AvgIpc) is 3.10. The molecular formula is C18H14BrN7O. The van der Waals surface area contributed by atoms with E-state index < -0.39 is 0 Å². The maximum atomic E-state index is 11.8. The molecule has 0 spiro atoms. The molecule has 4 rings (SSSR count). The average molecular weight is 424 g/mol. The molecule has 0 atom stereocenters. The van der Waals surface area contributed by atoms with Crippen molar-refractivity contribution in [3.63, 3.8) is 0 Å². The van der Waals surface area contributed by atoms with Crippen LogP contribution in [0.5, 0.6) is 0 Å². The summed E-state index contributed by atoms with van der Waals surface area (Å²) in [5.41, 5.74) is 2.82. The van der Waals surface area contributed by atoms with Gasteiger partial charge in [0.1, 0.15) is 5.69 Å². The number of fused-ring (bicyclic) bond motifs is 1. The number of aromatic nitrogens is 6. The molecule has 1 amide bonds. The van der Waals surface area contributed by atoms with Crippen molar-refractivity contribution in [3.8, 4) is 11.4 Å². The second-order valence-corrected chi connectivity index (χ2v) is 6.70. The van der Waals surface area contributed by atoms with Gasteiger partial charge in [0, 0.05) is 31.4 Å². The molecule has 3 heterocycles. The fourth-order valence-electron chi connectivity index (χ4n) is 2.66. The monoisotopic (exact) mass is 423 g/mol. The number of hydrogen-bond donors (Lipinski definition) is 1. The Morgan fingerprint density at radius 3 is 2.74 bits per heavy atom. The number of carbonyl (C=O) groups excluding carboxylic acids is 1. The van der Waals surface area contributed by atoms with E-state index in [0.29, 0.717) is 29.4 Å². The molecule has 0 saturated heterocycles. The number of carbonyl (C=O) groups is 1. The van der Waals surface area contributed by atoms with Gasteiger partial charge in [0.15, 0.2) is 17.3 Å². The van der Waals surface area contributed by atoms with E-state index in [1.807, 2.05) is 24.3 Å². The molecule has 0 unspecified atom stereocenters. The molecule has 0 aliphatic carbocycles. The highest BCUT2D eigenvalue weighted by Crippen LogP contribution is 2.19. The third-order valence-corrected chi connectivity index (χ3v) is 4.36. The minimum Gasteiger partial charge on any atom is -0.354 e. The number of benzene rings is 1. The van der Waals surface area contributed by atoms with Crippen molar-refractivity contribution in [2.75, 3.05) is 7.05 Å². The quantitative estimate of drug-likeness (QED) is 0.540. The summed E-state index contributed by atoms with van der Waals surface area (Å²) < 4.78 is 2.42. The van der Waals surface area contributed by atoms with Crippen LogP contribution in [0.15, 0.2) is 53.3 Å². The Morgan fingerprint density at radius 2 is 1.96 bits per heavy atom. The molecule has 0 fully saturated rings. The summed E-state index contributed by atoms with van der Waals surface area (Å²) in [6.07, 6.45) is 3.94. The lowest BCUT2D eigenvalue weighted by Crippen LogP contribution is -2.20. The number of rotatable bonds is 4. The van der Waals surface area contributed by atoms with E-state index in [4.69, 9.17) is 0 Å². The summed E-state index contributed by atoms with van der Waals surface area (Å²) in [4.78, 5) is 20.5. The summed E-state index contributed by atoms with van der Waals surface area (Å²) in [7, 11) is 1.57. The first kappa shape index (κ1) is 17.2. The van der Waals surface area contributed by atoms with E-state index in [2.05, 4.69) is 46.5 Å². The first-order valence-electron chi connectivity index (χ1n) is 8.14. The van der Waals surface area contributed by atoms with E-state index in [-0.39, 0.29) is 5.91 Å². The highest BCUT2D eigenvalue weighted by Gasteiger charge is 2.12. The first-order chi connectivity index (χ1) is 13.1. The number of halogens is 1. The number of amides is 1. The summed E-state index contributed by atoms with van der Waals surface area (Å²) >= 11 is 3.34. The van der Waals surface area contributed by atoms with Crippen molar-refractivity contribution in [1.82, 2.24) is 35.1 Å². The third-order valence-electron chi connectivity index (χ3n) is 3.95. The molecule has 27 heavy (non-hydrogen) atoms. The molecule has 0 aliphatic rings. The van der Waals surface area contributed by atoms with E-state index in [9.17, 15) is 4.79 Å². The lowest BCUT2D eigenvalue weighted by molar-refractivity contribution is 0.0957. The highest BCUT2D eigenvalue weighted by molar-refractivity contribution is 9.10. The molecule has 1 N–H and O–H groups in total. The molecule has 4 aromatic rings. The van der Waals surface area contributed by atoms with E-state index in [1.165, 1.54) is 0 Å². The van der Waals surface area contributed by atoms with E-state index in [0.717, 1.165) is 15.6 Å². The predicted octanol–water partition coefficient (Wildman–Crippen LogP) is 2.29. The van der Waals surface area contributed by atoms with Crippen molar-refractivity contribution in [2.24, 2.45) is 0 Å². The predicted molar refractivity (Wildman–Crippen MR) is 102 cm³/mol. The Balaban J connectivity index is 1.67. The largest absolute Gasteiger partial charge is 0.354 e. The molecule has 8 nitrogen and oxygen atoms in total. The van der Waals surface area contributed by atoms with Gasteiger partial charge in [0.05, 0.1) is 4.47 Å². The smallest absolute Gasteiger partial charge is 0.271 e. The summed E-state index contributed by atoms with van der Waals surface area (Å²) in [5, 5.41) is 15.2. The fraction of sp³-hybridized carbons (Fsp3) is 0.111. The van der Waals surface area contributed by atoms with Crippen LogP contribution in [0.4, 0.5) is 0 Å². The molecule has 134 valence electrons. The second kappa shape index (κ2) is 7.20. The van der Waals surface area contributed by atoms with Gasteiger partial charge in [0.25, 0.3) is 5.91 Å². The Morgan fingerprint density at radius 1 is 1.15 bits per heavy atom. The van der Waals surface area contributed by atoms with Crippen molar-refractivity contribution in [3.05, 3.63) is 70.3 Å². The van der Waals surface area contributed by atoms with E-state index >= 15 is 0 Å². The molecule has 3 aromatic heterocycles. The Hall–Kier alpha value is -3.20. The van der Waals surface area contributed by atoms with Crippen LogP contribution in [0, 0.1) is 0 Å². The lowest BCUT2D eigenvalue weighted by atomic mass is 10.1. The van der Waals surface area contributed by atoms with Crippen molar-refractivity contribution in [1.29, 1.82) is 0 Å². The van der Waals surface area contributed by atoms with Crippen LogP contribution >= 0.6 is 15.9 Å². The van der Waals surface area contributed by atoms with Gasteiger partial charge in [0.2, 0.25) is 0 Å².